The van der Waals surface area contributed by atoms with Gasteiger partial charge >= 0.3 is 0 Å². The number of aromatic nitrogens is 3. The number of rotatable bonds is 4. The largest absolute Gasteiger partial charge is 0.438 e. The first-order valence-corrected chi connectivity index (χ1v) is 9.20. The van der Waals surface area contributed by atoms with Crippen LogP contribution in [0.5, 0.6) is 0 Å². The number of benzene rings is 1. The number of oxazole rings is 1. The average Bonchev–Trinajstić information content (AvgIpc) is 3.36. The Kier molecular flexibility index (Phi) is 3.94. The molecule has 24 heavy (non-hydrogen) atoms. The van der Waals surface area contributed by atoms with Crippen molar-refractivity contribution in [3.05, 3.63) is 41.4 Å². The maximum absolute atomic E-state index is 6.41. The molecule has 0 bridgehead atoms. The molecule has 1 aliphatic carbocycles. The fourth-order valence-electron chi connectivity index (χ4n) is 2.50. The first-order chi connectivity index (χ1) is 11.7. The zero-order valence-corrected chi connectivity index (χ0v) is 14.6. The van der Waals surface area contributed by atoms with Crippen molar-refractivity contribution in [2.24, 2.45) is 0 Å². The molecule has 0 saturated heterocycles. The Morgan fingerprint density at radius 1 is 1.25 bits per heavy atom. The van der Waals surface area contributed by atoms with Crippen LogP contribution in [0.3, 0.4) is 0 Å². The molecule has 4 rings (SSSR count). The molecule has 7 heteroatoms. The van der Waals surface area contributed by atoms with Gasteiger partial charge in [-0.25, -0.2) is 15.0 Å². The van der Waals surface area contributed by atoms with Crippen LogP contribution in [0.1, 0.15) is 24.7 Å². The summed E-state index contributed by atoms with van der Waals surface area (Å²) >= 11 is 7.89. The number of nitrogens with zero attached hydrogens (tertiary/aromatic N) is 3. The van der Waals surface area contributed by atoms with Gasteiger partial charge in [0.15, 0.2) is 16.8 Å². The van der Waals surface area contributed by atoms with Crippen molar-refractivity contribution in [1.82, 2.24) is 15.0 Å². The standard InChI is InChI=1S/C17H15ClN4OS/c1-24-17-20-8-7-12(21-17)15-14(22-16(23-15)9-5-6-9)10-3-2-4-11(19)13(10)18/h2-4,7-9H,5-6,19H2,1H3. The molecule has 0 amide bonds. The van der Waals surface area contributed by atoms with Gasteiger partial charge in [-0.15, -0.1) is 0 Å². The van der Waals surface area contributed by atoms with Crippen molar-refractivity contribution in [1.29, 1.82) is 0 Å². The molecule has 0 radical (unpaired) electrons. The van der Waals surface area contributed by atoms with Crippen molar-refractivity contribution in [3.63, 3.8) is 0 Å². The highest BCUT2D eigenvalue weighted by Crippen LogP contribution is 2.45. The van der Waals surface area contributed by atoms with Gasteiger partial charge in [0.2, 0.25) is 0 Å². The Balaban J connectivity index is 1.91. The van der Waals surface area contributed by atoms with Crippen LogP contribution in [-0.2, 0) is 0 Å². The summed E-state index contributed by atoms with van der Waals surface area (Å²) in [5.41, 5.74) is 8.60. The average molecular weight is 359 g/mol. The quantitative estimate of drug-likeness (QED) is 0.416. The molecule has 0 aliphatic heterocycles. The second-order valence-corrected chi connectivity index (χ2v) is 6.79. The second-order valence-electron chi connectivity index (χ2n) is 5.64. The Labute approximate surface area is 148 Å². The summed E-state index contributed by atoms with van der Waals surface area (Å²) in [6.45, 7) is 0. The minimum atomic E-state index is 0.388. The minimum absolute atomic E-state index is 0.388. The van der Waals surface area contributed by atoms with Gasteiger partial charge in [-0.05, 0) is 31.2 Å². The number of anilines is 1. The van der Waals surface area contributed by atoms with Crippen molar-refractivity contribution < 1.29 is 4.42 Å². The predicted octanol–water partition coefficient (Wildman–Crippen LogP) is 4.63. The highest BCUT2D eigenvalue weighted by atomic mass is 35.5. The van der Waals surface area contributed by atoms with E-state index in [1.165, 1.54) is 11.8 Å². The maximum Gasteiger partial charge on any atom is 0.198 e. The van der Waals surface area contributed by atoms with Crippen molar-refractivity contribution >= 4 is 29.1 Å². The van der Waals surface area contributed by atoms with Crippen LogP contribution < -0.4 is 5.73 Å². The van der Waals surface area contributed by atoms with E-state index in [0.29, 0.717) is 38.9 Å². The smallest absolute Gasteiger partial charge is 0.198 e. The number of nitrogens with two attached hydrogens (primary N) is 1. The molecule has 1 fully saturated rings. The van der Waals surface area contributed by atoms with E-state index in [2.05, 4.69) is 9.97 Å². The van der Waals surface area contributed by atoms with Crippen LogP contribution >= 0.6 is 23.4 Å². The van der Waals surface area contributed by atoms with Gasteiger partial charge in [-0.2, -0.15) is 0 Å². The van der Waals surface area contributed by atoms with Crippen LogP contribution in [-0.4, -0.2) is 21.2 Å². The van der Waals surface area contributed by atoms with E-state index in [1.807, 2.05) is 24.5 Å². The predicted molar refractivity (Wildman–Crippen MR) is 96.1 cm³/mol. The third kappa shape index (κ3) is 2.76. The van der Waals surface area contributed by atoms with Crippen LogP contribution in [0.15, 0.2) is 40.0 Å². The van der Waals surface area contributed by atoms with Crippen LogP contribution in [0, 0.1) is 0 Å². The number of thioether (sulfide) groups is 1. The third-order valence-corrected chi connectivity index (χ3v) is 4.89. The first kappa shape index (κ1) is 15.5. The summed E-state index contributed by atoms with van der Waals surface area (Å²) in [4.78, 5) is 13.5. The molecule has 1 saturated carbocycles. The van der Waals surface area contributed by atoms with E-state index in [4.69, 9.17) is 26.7 Å². The van der Waals surface area contributed by atoms with E-state index in [1.54, 1.807) is 12.3 Å². The van der Waals surface area contributed by atoms with Gasteiger partial charge in [0, 0.05) is 17.7 Å². The van der Waals surface area contributed by atoms with E-state index in [9.17, 15) is 0 Å². The molecule has 0 unspecified atom stereocenters. The fourth-order valence-corrected chi connectivity index (χ4v) is 3.07. The summed E-state index contributed by atoms with van der Waals surface area (Å²) in [6.07, 6.45) is 5.86. The SMILES string of the molecule is CSc1nccc(-c2oc(C3CC3)nc2-c2cccc(N)c2Cl)n1. The van der Waals surface area contributed by atoms with Crippen molar-refractivity contribution in [2.75, 3.05) is 12.0 Å². The summed E-state index contributed by atoms with van der Waals surface area (Å²) < 4.78 is 6.06. The molecule has 0 spiro atoms. The molecule has 0 atom stereocenters. The Morgan fingerprint density at radius 2 is 2.08 bits per heavy atom. The molecule has 2 heterocycles. The van der Waals surface area contributed by atoms with E-state index in [-0.39, 0.29) is 0 Å². The van der Waals surface area contributed by atoms with Gasteiger partial charge in [0.1, 0.15) is 11.4 Å². The highest BCUT2D eigenvalue weighted by molar-refractivity contribution is 7.98. The van der Waals surface area contributed by atoms with Crippen molar-refractivity contribution in [2.45, 2.75) is 23.9 Å². The van der Waals surface area contributed by atoms with Gasteiger partial charge in [-0.1, -0.05) is 35.5 Å². The summed E-state index contributed by atoms with van der Waals surface area (Å²) in [5, 5.41) is 1.16. The molecular weight excluding hydrogens is 344 g/mol. The minimum Gasteiger partial charge on any atom is -0.438 e. The van der Waals surface area contributed by atoms with E-state index in [0.717, 1.165) is 24.3 Å². The van der Waals surface area contributed by atoms with E-state index < -0.39 is 0 Å². The molecule has 122 valence electrons. The zero-order valence-electron chi connectivity index (χ0n) is 13.0. The van der Waals surface area contributed by atoms with E-state index >= 15 is 0 Å². The second kappa shape index (κ2) is 6.11. The highest BCUT2D eigenvalue weighted by Gasteiger charge is 2.31. The lowest BCUT2D eigenvalue weighted by molar-refractivity contribution is 0.507. The van der Waals surface area contributed by atoms with Gasteiger partial charge in [-0.3, -0.25) is 0 Å². The molecule has 5 nitrogen and oxygen atoms in total. The lowest BCUT2D eigenvalue weighted by Crippen LogP contribution is -1.92. The molecule has 2 N–H and O–H groups in total. The van der Waals surface area contributed by atoms with Crippen LogP contribution in [0.25, 0.3) is 22.7 Å². The molecule has 1 aliphatic rings. The molecule has 2 aromatic heterocycles. The summed E-state index contributed by atoms with van der Waals surface area (Å²) in [5.74, 6) is 1.74. The Morgan fingerprint density at radius 3 is 2.83 bits per heavy atom. The van der Waals surface area contributed by atoms with Gasteiger partial charge in [0.25, 0.3) is 0 Å². The number of nitrogen functional groups attached to an aromatic ring is 1. The monoisotopic (exact) mass is 358 g/mol. The first-order valence-electron chi connectivity index (χ1n) is 7.60. The van der Waals surface area contributed by atoms with Crippen molar-refractivity contribution in [3.8, 4) is 22.7 Å². The third-order valence-electron chi connectivity index (χ3n) is 3.90. The molecule has 3 aromatic rings. The van der Waals surface area contributed by atoms with Crippen LogP contribution in [0.2, 0.25) is 5.02 Å². The summed E-state index contributed by atoms with van der Waals surface area (Å²) in [6, 6.07) is 7.34. The topological polar surface area (TPSA) is 77.8 Å². The number of hydrogen-bond donors (Lipinski definition) is 1. The maximum atomic E-state index is 6.41. The molecular formula is C17H15ClN4OS. The normalized spacial score (nSPS) is 14.1. The lowest BCUT2D eigenvalue weighted by atomic mass is 10.1. The zero-order chi connectivity index (χ0) is 16.7. The Bertz CT molecular complexity index is 907. The summed E-state index contributed by atoms with van der Waals surface area (Å²) in [7, 11) is 0. The Hall–Kier alpha value is -2.05. The fraction of sp³-hybridized carbons (Fsp3) is 0.235. The number of halogens is 1. The van der Waals surface area contributed by atoms with Crippen LogP contribution in [0.4, 0.5) is 5.69 Å². The van der Waals surface area contributed by atoms with Gasteiger partial charge < -0.3 is 10.2 Å². The molecule has 1 aromatic carbocycles. The lowest BCUT2D eigenvalue weighted by Gasteiger charge is -2.06. The number of hydrogen-bond acceptors (Lipinski definition) is 6. The van der Waals surface area contributed by atoms with Gasteiger partial charge in [0.05, 0.1) is 10.7 Å².